The molecule has 1 aliphatic rings. The van der Waals surface area contributed by atoms with E-state index in [9.17, 15) is 9.59 Å². The maximum absolute atomic E-state index is 12.8. The van der Waals surface area contributed by atoms with Crippen molar-refractivity contribution in [3.63, 3.8) is 0 Å². The summed E-state index contributed by atoms with van der Waals surface area (Å²) in [5.41, 5.74) is 1.67. The van der Waals surface area contributed by atoms with Gasteiger partial charge in [0.2, 0.25) is 5.91 Å². The lowest BCUT2D eigenvalue weighted by Crippen LogP contribution is -2.49. The number of carbonyl (C=O) groups excluding carboxylic acids is 2. The van der Waals surface area contributed by atoms with Crippen molar-refractivity contribution >= 4 is 12.2 Å². The molecule has 0 bridgehead atoms. The second kappa shape index (κ2) is 7.54. The molecule has 0 N–H and O–H groups in total. The van der Waals surface area contributed by atoms with Crippen LogP contribution in [0.5, 0.6) is 0 Å². The van der Waals surface area contributed by atoms with Crippen molar-refractivity contribution in [3.8, 4) is 0 Å². The summed E-state index contributed by atoms with van der Waals surface area (Å²) < 4.78 is 0. The van der Waals surface area contributed by atoms with Crippen molar-refractivity contribution in [1.82, 2.24) is 9.80 Å². The van der Waals surface area contributed by atoms with Crippen LogP contribution < -0.4 is 0 Å². The van der Waals surface area contributed by atoms with Gasteiger partial charge < -0.3 is 4.90 Å². The Labute approximate surface area is 133 Å². The number of hydrogen-bond acceptors (Lipinski definition) is 3. The van der Waals surface area contributed by atoms with Crippen LogP contribution in [0.3, 0.4) is 0 Å². The Bertz CT molecular complexity index is 522. The molecule has 1 atom stereocenters. The highest BCUT2D eigenvalue weighted by Gasteiger charge is 2.31. The molecule has 4 nitrogen and oxygen atoms in total. The lowest BCUT2D eigenvalue weighted by Gasteiger charge is -2.33. The summed E-state index contributed by atoms with van der Waals surface area (Å²) in [7, 11) is 1.97. The quantitative estimate of drug-likeness (QED) is 0.758. The molecular weight excluding hydrogens is 276 g/mol. The smallest absolute Gasteiger partial charge is 0.240 e. The Morgan fingerprint density at radius 2 is 1.91 bits per heavy atom. The number of nitrogens with zero attached hydrogens (tertiary/aromatic N) is 2. The van der Waals surface area contributed by atoms with E-state index in [4.69, 9.17) is 0 Å². The van der Waals surface area contributed by atoms with E-state index < -0.39 is 0 Å². The lowest BCUT2D eigenvalue weighted by molar-refractivity contribution is -0.137. The standard InChI is InChI=1S/C18H26N2O2/c1-14(2)17(18(22)20-10-6-7-11-20)19(3)12-15-8-4-5-9-16(15)13-21/h4-5,8-9,13-14,17H,6-7,10-12H2,1-3H3. The Kier molecular flexibility index (Phi) is 5.72. The monoisotopic (exact) mass is 302 g/mol. The van der Waals surface area contributed by atoms with Gasteiger partial charge in [-0.3, -0.25) is 14.5 Å². The van der Waals surface area contributed by atoms with Crippen LogP contribution >= 0.6 is 0 Å². The van der Waals surface area contributed by atoms with E-state index in [-0.39, 0.29) is 17.9 Å². The van der Waals surface area contributed by atoms with Gasteiger partial charge in [-0.1, -0.05) is 38.1 Å². The number of benzene rings is 1. The molecule has 0 radical (unpaired) electrons. The van der Waals surface area contributed by atoms with E-state index in [0.717, 1.165) is 37.8 Å². The molecule has 1 fully saturated rings. The maximum atomic E-state index is 12.8. The van der Waals surface area contributed by atoms with Gasteiger partial charge in [-0.15, -0.1) is 0 Å². The number of likely N-dealkylation sites (tertiary alicyclic amines) is 1. The van der Waals surface area contributed by atoms with Crippen LogP contribution in [0.25, 0.3) is 0 Å². The molecule has 0 spiro atoms. The Morgan fingerprint density at radius 1 is 1.27 bits per heavy atom. The van der Waals surface area contributed by atoms with Crippen molar-refractivity contribution in [2.75, 3.05) is 20.1 Å². The molecule has 120 valence electrons. The van der Waals surface area contributed by atoms with E-state index in [0.29, 0.717) is 12.1 Å². The highest BCUT2D eigenvalue weighted by Crippen LogP contribution is 2.19. The molecule has 1 heterocycles. The van der Waals surface area contributed by atoms with Gasteiger partial charge in [-0.05, 0) is 31.4 Å². The predicted molar refractivity (Wildman–Crippen MR) is 87.7 cm³/mol. The predicted octanol–water partition coefficient (Wildman–Crippen LogP) is 2.58. The molecular formula is C18H26N2O2. The number of rotatable bonds is 6. The van der Waals surface area contributed by atoms with E-state index in [1.807, 2.05) is 36.2 Å². The topological polar surface area (TPSA) is 40.6 Å². The largest absolute Gasteiger partial charge is 0.341 e. The van der Waals surface area contributed by atoms with Gasteiger partial charge in [0.1, 0.15) is 6.29 Å². The SMILES string of the molecule is CC(C)C(C(=O)N1CCCC1)N(C)Cc1ccccc1C=O. The van der Waals surface area contributed by atoms with Crippen LogP contribution in [-0.4, -0.2) is 48.2 Å². The molecule has 1 aromatic carbocycles. The molecule has 1 saturated heterocycles. The van der Waals surface area contributed by atoms with E-state index in [2.05, 4.69) is 18.7 Å². The minimum atomic E-state index is -0.141. The van der Waals surface area contributed by atoms with Crippen molar-refractivity contribution in [2.24, 2.45) is 5.92 Å². The van der Waals surface area contributed by atoms with Crippen LogP contribution in [0.2, 0.25) is 0 Å². The molecule has 1 amide bonds. The second-order valence-corrected chi connectivity index (χ2v) is 6.45. The summed E-state index contributed by atoms with van der Waals surface area (Å²) in [4.78, 5) is 28.0. The van der Waals surface area contributed by atoms with Crippen LogP contribution in [0.4, 0.5) is 0 Å². The zero-order chi connectivity index (χ0) is 16.1. The van der Waals surface area contributed by atoms with Gasteiger partial charge >= 0.3 is 0 Å². The van der Waals surface area contributed by atoms with Crippen molar-refractivity contribution in [3.05, 3.63) is 35.4 Å². The highest BCUT2D eigenvalue weighted by molar-refractivity contribution is 5.82. The van der Waals surface area contributed by atoms with Crippen molar-refractivity contribution in [2.45, 2.75) is 39.3 Å². The Hall–Kier alpha value is -1.68. The number of hydrogen-bond donors (Lipinski definition) is 0. The number of aldehydes is 1. The highest BCUT2D eigenvalue weighted by atomic mass is 16.2. The minimum absolute atomic E-state index is 0.141. The van der Waals surface area contributed by atoms with Crippen LogP contribution in [-0.2, 0) is 11.3 Å². The first-order chi connectivity index (χ1) is 10.5. The van der Waals surface area contributed by atoms with Gasteiger partial charge in [0.15, 0.2) is 0 Å². The maximum Gasteiger partial charge on any atom is 0.240 e. The third kappa shape index (κ3) is 3.74. The third-order valence-electron chi connectivity index (χ3n) is 4.38. The summed E-state index contributed by atoms with van der Waals surface area (Å²) in [5, 5.41) is 0. The van der Waals surface area contributed by atoms with Gasteiger partial charge in [0, 0.05) is 25.2 Å². The zero-order valence-electron chi connectivity index (χ0n) is 13.8. The van der Waals surface area contributed by atoms with E-state index in [1.54, 1.807) is 0 Å². The third-order valence-corrected chi connectivity index (χ3v) is 4.38. The minimum Gasteiger partial charge on any atom is -0.341 e. The summed E-state index contributed by atoms with van der Waals surface area (Å²) in [6, 6.07) is 7.43. The summed E-state index contributed by atoms with van der Waals surface area (Å²) in [6.07, 6.45) is 3.10. The van der Waals surface area contributed by atoms with Crippen LogP contribution in [0.15, 0.2) is 24.3 Å². The first kappa shape index (κ1) is 16.7. The summed E-state index contributed by atoms with van der Waals surface area (Å²) in [6.45, 7) is 6.53. The van der Waals surface area contributed by atoms with Gasteiger partial charge in [-0.2, -0.15) is 0 Å². The van der Waals surface area contributed by atoms with Gasteiger partial charge in [-0.25, -0.2) is 0 Å². The summed E-state index contributed by atoms with van der Waals surface area (Å²) in [5.74, 6) is 0.458. The van der Waals surface area contributed by atoms with Gasteiger partial charge in [0.05, 0.1) is 6.04 Å². The zero-order valence-corrected chi connectivity index (χ0v) is 13.8. The fourth-order valence-electron chi connectivity index (χ4n) is 3.27. The fraction of sp³-hybridized carbons (Fsp3) is 0.556. The van der Waals surface area contributed by atoms with Crippen LogP contribution in [0, 0.1) is 5.92 Å². The molecule has 1 aromatic rings. The first-order valence-corrected chi connectivity index (χ1v) is 8.06. The molecule has 22 heavy (non-hydrogen) atoms. The van der Waals surface area contributed by atoms with Crippen molar-refractivity contribution < 1.29 is 9.59 Å². The van der Waals surface area contributed by atoms with E-state index in [1.165, 1.54) is 0 Å². The molecule has 1 aliphatic heterocycles. The summed E-state index contributed by atoms with van der Waals surface area (Å²) >= 11 is 0. The van der Waals surface area contributed by atoms with Gasteiger partial charge in [0.25, 0.3) is 0 Å². The fourth-order valence-corrected chi connectivity index (χ4v) is 3.27. The Morgan fingerprint density at radius 3 is 2.50 bits per heavy atom. The molecule has 2 rings (SSSR count). The number of amides is 1. The molecule has 4 heteroatoms. The normalized spacial score (nSPS) is 16.3. The first-order valence-electron chi connectivity index (χ1n) is 8.06. The molecule has 1 unspecified atom stereocenters. The van der Waals surface area contributed by atoms with Crippen LogP contribution in [0.1, 0.15) is 42.6 Å². The number of likely N-dealkylation sites (N-methyl/N-ethyl adjacent to an activating group) is 1. The Balaban J connectivity index is 2.14. The number of carbonyl (C=O) groups is 2. The van der Waals surface area contributed by atoms with E-state index >= 15 is 0 Å². The molecule has 0 saturated carbocycles. The molecule has 0 aromatic heterocycles. The van der Waals surface area contributed by atoms with Crippen molar-refractivity contribution in [1.29, 1.82) is 0 Å². The average Bonchev–Trinajstić information content (AvgIpc) is 3.01. The molecule has 0 aliphatic carbocycles. The average molecular weight is 302 g/mol. The second-order valence-electron chi connectivity index (χ2n) is 6.45. The lowest BCUT2D eigenvalue weighted by atomic mass is 10.00.